The van der Waals surface area contributed by atoms with Crippen molar-refractivity contribution in [1.82, 2.24) is 40.0 Å². The van der Waals surface area contributed by atoms with Crippen molar-refractivity contribution in [2.24, 2.45) is 0 Å². The summed E-state index contributed by atoms with van der Waals surface area (Å²) in [6.07, 6.45) is 1.72. The number of H-pyrrole nitrogens is 1. The van der Waals surface area contributed by atoms with Gasteiger partial charge in [-0.1, -0.05) is 6.07 Å². The molecule has 5 rings (SSSR count). The largest absolute Gasteiger partial charge is 0.434 e. The lowest BCUT2D eigenvalue weighted by Crippen LogP contribution is -2.21. The Morgan fingerprint density at radius 1 is 1.09 bits per heavy atom. The molecule has 0 aliphatic heterocycles. The van der Waals surface area contributed by atoms with E-state index < -0.39 is 23.3 Å². The van der Waals surface area contributed by atoms with E-state index in [4.69, 9.17) is 0 Å². The van der Waals surface area contributed by atoms with Crippen LogP contribution in [-0.4, -0.2) is 45.9 Å². The van der Waals surface area contributed by atoms with E-state index >= 15 is 0 Å². The fourth-order valence-corrected chi connectivity index (χ4v) is 3.48. The molecule has 4 heterocycles. The number of halogens is 3. The topological polar surface area (TPSA) is 119 Å². The van der Waals surface area contributed by atoms with Gasteiger partial charge in [0.25, 0.3) is 5.91 Å². The fraction of sp³-hybridized carbons (Fsp3) is 0.100. The second-order valence-electron chi connectivity index (χ2n) is 7.06. The summed E-state index contributed by atoms with van der Waals surface area (Å²) in [7, 11) is 0. The Kier molecular flexibility index (Phi) is 4.65. The second kappa shape index (κ2) is 7.55. The van der Waals surface area contributed by atoms with Crippen molar-refractivity contribution in [3.05, 3.63) is 72.1 Å². The lowest BCUT2D eigenvalue weighted by Gasteiger charge is -2.13. The van der Waals surface area contributed by atoms with Crippen LogP contribution >= 0.6 is 0 Å². The highest BCUT2D eigenvalue weighted by Gasteiger charge is 2.41. The highest BCUT2D eigenvalue weighted by Crippen LogP contribution is 2.35. The van der Waals surface area contributed by atoms with E-state index in [-0.39, 0.29) is 11.4 Å². The first kappa shape index (κ1) is 20.4. The number of pyridine rings is 1. The molecule has 0 atom stereocenters. The Hall–Kier alpha value is -4.55. The fourth-order valence-electron chi connectivity index (χ4n) is 3.48. The minimum absolute atomic E-state index is 0.140. The number of amides is 1. The van der Waals surface area contributed by atoms with Gasteiger partial charge in [0.2, 0.25) is 0 Å². The maximum absolute atomic E-state index is 14.0. The van der Waals surface area contributed by atoms with Crippen LogP contribution in [0.1, 0.15) is 21.6 Å². The molecule has 0 saturated carbocycles. The van der Waals surface area contributed by atoms with Gasteiger partial charge < -0.3 is 5.32 Å². The zero-order chi connectivity index (χ0) is 23.2. The van der Waals surface area contributed by atoms with E-state index in [1.165, 1.54) is 35.7 Å². The van der Waals surface area contributed by atoms with Gasteiger partial charge in [-0.3, -0.25) is 9.89 Å². The van der Waals surface area contributed by atoms with Crippen molar-refractivity contribution in [3.8, 4) is 11.5 Å². The molecule has 1 amide bonds. The zero-order valence-electron chi connectivity index (χ0n) is 16.9. The van der Waals surface area contributed by atoms with E-state index in [1.54, 1.807) is 25.1 Å². The Morgan fingerprint density at radius 3 is 2.61 bits per heavy atom. The molecular formula is C20H14F3N9O. The van der Waals surface area contributed by atoms with Gasteiger partial charge in [-0.15, -0.1) is 4.80 Å². The van der Waals surface area contributed by atoms with Crippen molar-refractivity contribution in [2.75, 3.05) is 5.32 Å². The maximum atomic E-state index is 14.0. The number of hydrogen-bond acceptors (Lipinski definition) is 6. The number of aromatic amines is 1. The molecule has 2 N–H and O–H groups in total. The first-order valence-corrected chi connectivity index (χ1v) is 9.55. The number of nitrogens with zero attached hydrogens (tertiary/aromatic N) is 7. The Labute approximate surface area is 183 Å². The normalized spacial score (nSPS) is 11.8. The predicted octanol–water partition coefficient (Wildman–Crippen LogP) is 3.30. The van der Waals surface area contributed by atoms with Gasteiger partial charge in [0.1, 0.15) is 0 Å². The van der Waals surface area contributed by atoms with E-state index in [1.807, 2.05) is 0 Å². The number of alkyl halides is 3. The van der Waals surface area contributed by atoms with Crippen LogP contribution < -0.4 is 5.32 Å². The number of fused-ring (bicyclic) bond motifs is 1. The minimum Gasteiger partial charge on any atom is -0.320 e. The van der Waals surface area contributed by atoms with Crippen molar-refractivity contribution < 1.29 is 18.0 Å². The first-order valence-electron chi connectivity index (χ1n) is 9.55. The molecule has 4 aromatic heterocycles. The molecule has 166 valence electrons. The molecule has 0 saturated heterocycles. The summed E-state index contributed by atoms with van der Waals surface area (Å²) in [5.41, 5.74) is -0.320. The first-order chi connectivity index (χ1) is 15.8. The molecule has 0 radical (unpaired) electrons. The lowest BCUT2D eigenvalue weighted by atomic mass is 10.2. The summed E-state index contributed by atoms with van der Waals surface area (Å²) in [6.45, 7) is 1.71. The molecule has 5 aromatic rings. The van der Waals surface area contributed by atoms with Crippen LogP contribution in [0.3, 0.4) is 0 Å². The van der Waals surface area contributed by atoms with Crippen LogP contribution in [0, 0.1) is 6.92 Å². The summed E-state index contributed by atoms with van der Waals surface area (Å²) in [5, 5.41) is 21.3. The molecule has 0 bridgehead atoms. The molecule has 0 aliphatic rings. The monoisotopic (exact) mass is 453 g/mol. The summed E-state index contributed by atoms with van der Waals surface area (Å²) >= 11 is 0. The summed E-state index contributed by atoms with van der Waals surface area (Å²) in [5.74, 6) is -0.547. The van der Waals surface area contributed by atoms with Crippen molar-refractivity contribution in [3.63, 3.8) is 0 Å². The molecule has 0 aliphatic carbocycles. The quantitative estimate of drug-likeness (QED) is 0.431. The van der Waals surface area contributed by atoms with Gasteiger partial charge in [0.05, 0.1) is 53.4 Å². The van der Waals surface area contributed by atoms with E-state index in [2.05, 4.69) is 35.8 Å². The standard InChI is InChI=1S/C20H14F3N9O/c1-11-7-12(8-24-18(11)32-26-5-6-27-32)29-19(33)14-10-28-31(17(14)20(21,22)23)16-4-2-3-15-13(16)9-25-30-15/h2-10H,1H3,(H,25,30)(H,29,33). The van der Waals surface area contributed by atoms with Crippen LogP contribution in [-0.2, 0) is 6.18 Å². The number of carbonyl (C=O) groups is 1. The number of anilines is 1. The number of nitrogens with one attached hydrogen (secondary N) is 2. The van der Waals surface area contributed by atoms with Crippen molar-refractivity contribution >= 4 is 22.5 Å². The predicted molar refractivity (Wildman–Crippen MR) is 110 cm³/mol. The van der Waals surface area contributed by atoms with Gasteiger partial charge in [0.15, 0.2) is 11.5 Å². The van der Waals surface area contributed by atoms with Gasteiger partial charge >= 0.3 is 6.18 Å². The minimum atomic E-state index is -4.85. The summed E-state index contributed by atoms with van der Waals surface area (Å²) < 4.78 is 42.8. The van der Waals surface area contributed by atoms with Gasteiger partial charge in [-0.2, -0.15) is 33.6 Å². The number of rotatable bonds is 4. The molecule has 13 heteroatoms. The molecule has 10 nitrogen and oxygen atoms in total. The number of benzene rings is 1. The molecule has 0 unspecified atom stereocenters. The van der Waals surface area contributed by atoms with E-state index in [0.717, 1.165) is 6.20 Å². The lowest BCUT2D eigenvalue weighted by molar-refractivity contribution is -0.143. The highest BCUT2D eigenvalue weighted by molar-refractivity contribution is 6.05. The third-order valence-electron chi connectivity index (χ3n) is 4.89. The number of hydrogen-bond donors (Lipinski definition) is 2. The van der Waals surface area contributed by atoms with Crippen LogP contribution in [0.25, 0.3) is 22.4 Å². The Bertz CT molecular complexity index is 1470. The van der Waals surface area contributed by atoms with Crippen LogP contribution in [0.2, 0.25) is 0 Å². The number of aryl methyl sites for hydroxylation is 1. The Balaban J connectivity index is 1.52. The highest BCUT2D eigenvalue weighted by atomic mass is 19.4. The maximum Gasteiger partial charge on any atom is 0.434 e. The van der Waals surface area contributed by atoms with Crippen LogP contribution in [0.5, 0.6) is 0 Å². The van der Waals surface area contributed by atoms with Gasteiger partial charge in [0, 0.05) is 5.39 Å². The number of aromatic nitrogens is 8. The van der Waals surface area contributed by atoms with E-state index in [9.17, 15) is 18.0 Å². The third kappa shape index (κ3) is 3.58. The zero-order valence-corrected chi connectivity index (χ0v) is 16.9. The average molecular weight is 453 g/mol. The number of carbonyl (C=O) groups excluding carboxylic acids is 1. The second-order valence-corrected chi connectivity index (χ2v) is 7.06. The average Bonchev–Trinajstić information content (AvgIpc) is 3.52. The van der Waals surface area contributed by atoms with Crippen LogP contribution in [0.4, 0.5) is 18.9 Å². The van der Waals surface area contributed by atoms with Crippen molar-refractivity contribution in [2.45, 2.75) is 13.1 Å². The molecular weight excluding hydrogens is 439 g/mol. The van der Waals surface area contributed by atoms with Crippen LogP contribution in [0.15, 0.2) is 55.2 Å². The summed E-state index contributed by atoms with van der Waals surface area (Å²) in [6, 6.07) is 6.28. The van der Waals surface area contributed by atoms with Gasteiger partial charge in [-0.05, 0) is 30.7 Å². The molecule has 0 fully saturated rings. The third-order valence-corrected chi connectivity index (χ3v) is 4.89. The molecule has 33 heavy (non-hydrogen) atoms. The molecule has 1 aromatic carbocycles. The summed E-state index contributed by atoms with van der Waals surface area (Å²) in [4.78, 5) is 18.3. The van der Waals surface area contributed by atoms with Gasteiger partial charge in [-0.25, -0.2) is 9.67 Å². The SMILES string of the molecule is Cc1cc(NC(=O)c2cnn(-c3cccc4[nH]ncc34)c2C(F)(F)F)cnc1-n1nccn1. The van der Waals surface area contributed by atoms with Crippen molar-refractivity contribution in [1.29, 1.82) is 0 Å². The molecule has 0 spiro atoms. The van der Waals surface area contributed by atoms with E-state index in [0.29, 0.717) is 27.0 Å². The Morgan fingerprint density at radius 2 is 1.88 bits per heavy atom. The smallest absolute Gasteiger partial charge is 0.320 e.